The zero-order valence-electron chi connectivity index (χ0n) is 11.4. The monoisotopic (exact) mass is 347 g/mol. The second-order valence-electron chi connectivity index (χ2n) is 5.07. The van der Waals surface area contributed by atoms with Crippen molar-refractivity contribution in [2.24, 2.45) is 11.8 Å². The Morgan fingerprint density at radius 3 is 2.11 bits per heavy atom. The van der Waals surface area contributed by atoms with Crippen LogP contribution in [-0.2, 0) is 4.79 Å². The van der Waals surface area contributed by atoms with Gasteiger partial charge in [0, 0.05) is 15.2 Å². The van der Waals surface area contributed by atoms with Gasteiger partial charge in [-0.15, -0.1) is 0 Å². The highest BCUT2D eigenvalue weighted by Crippen LogP contribution is 2.29. The number of rotatable bonds is 5. The molecule has 4 nitrogen and oxygen atoms in total. The van der Waals surface area contributed by atoms with E-state index in [-0.39, 0.29) is 17.7 Å². The van der Waals surface area contributed by atoms with Gasteiger partial charge in [0.1, 0.15) is 5.54 Å². The van der Waals surface area contributed by atoms with Gasteiger partial charge < -0.3 is 10.4 Å². The van der Waals surface area contributed by atoms with Crippen LogP contribution in [-0.4, -0.2) is 22.5 Å². The third kappa shape index (κ3) is 3.00. The number of carbonyl (C=O) groups is 2. The standard InChI is InChI=1S/C13H18BrNO3S/c1-7(2)13(8(3)4,12(17)18)15-11(16)9-5-19-6-10(9)14/h5-8H,1-4H3,(H,15,16)(H,17,18). The van der Waals surface area contributed by atoms with Crippen molar-refractivity contribution in [2.45, 2.75) is 33.2 Å². The lowest BCUT2D eigenvalue weighted by atomic mass is 9.76. The molecule has 106 valence electrons. The highest BCUT2D eigenvalue weighted by molar-refractivity contribution is 9.10. The molecule has 0 aliphatic carbocycles. The lowest BCUT2D eigenvalue weighted by molar-refractivity contribution is -0.148. The average Bonchev–Trinajstić information content (AvgIpc) is 2.70. The maximum atomic E-state index is 12.3. The molecule has 0 aromatic carbocycles. The molecule has 0 atom stereocenters. The molecule has 0 aliphatic rings. The Bertz CT molecular complexity index is 474. The van der Waals surface area contributed by atoms with Gasteiger partial charge in [0.05, 0.1) is 5.56 Å². The fraction of sp³-hybridized carbons (Fsp3) is 0.538. The number of halogens is 1. The fourth-order valence-electron chi connectivity index (χ4n) is 2.20. The number of carboxylic acid groups (broad SMARTS) is 1. The first-order chi connectivity index (χ1) is 8.73. The SMILES string of the molecule is CC(C)C(NC(=O)c1cscc1Br)(C(=O)O)C(C)C. The fourth-order valence-corrected chi connectivity index (χ4v) is 3.66. The molecule has 19 heavy (non-hydrogen) atoms. The van der Waals surface area contributed by atoms with E-state index in [1.165, 1.54) is 11.3 Å². The van der Waals surface area contributed by atoms with E-state index >= 15 is 0 Å². The van der Waals surface area contributed by atoms with Crippen LogP contribution in [0.4, 0.5) is 0 Å². The molecule has 0 bridgehead atoms. The number of carboxylic acids is 1. The van der Waals surface area contributed by atoms with E-state index in [4.69, 9.17) is 0 Å². The molecule has 6 heteroatoms. The normalized spacial score (nSPS) is 11.9. The predicted molar refractivity (Wildman–Crippen MR) is 79.5 cm³/mol. The Balaban J connectivity index is 3.12. The van der Waals surface area contributed by atoms with Crippen molar-refractivity contribution >= 4 is 39.1 Å². The summed E-state index contributed by atoms with van der Waals surface area (Å²) in [6, 6.07) is 0. The molecule has 1 heterocycles. The summed E-state index contributed by atoms with van der Waals surface area (Å²) >= 11 is 4.68. The second-order valence-corrected chi connectivity index (χ2v) is 6.67. The number of hydrogen-bond acceptors (Lipinski definition) is 3. The van der Waals surface area contributed by atoms with Crippen LogP contribution in [0.15, 0.2) is 15.2 Å². The average molecular weight is 348 g/mol. The maximum Gasteiger partial charge on any atom is 0.329 e. The Hall–Kier alpha value is -0.880. The predicted octanol–water partition coefficient (Wildman–Crippen LogP) is 3.38. The van der Waals surface area contributed by atoms with Gasteiger partial charge in [-0.05, 0) is 27.8 Å². The van der Waals surface area contributed by atoms with Crippen LogP contribution in [0.5, 0.6) is 0 Å². The Kier molecular flexibility index (Phi) is 5.15. The van der Waals surface area contributed by atoms with Crippen LogP contribution < -0.4 is 5.32 Å². The van der Waals surface area contributed by atoms with Gasteiger partial charge in [-0.3, -0.25) is 4.79 Å². The van der Waals surface area contributed by atoms with E-state index in [0.717, 1.165) is 0 Å². The van der Waals surface area contributed by atoms with Crippen molar-refractivity contribution in [1.29, 1.82) is 0 Å². The Morgan fingerprint density at radius 2 is 1.79 bits per heavy atom. The summed E-state index contributed by atoms with van der Waals surface area (Å²) in [5.74, 6) is -1.80. The quantitative estimate of drug-likeness (QED) is 0.857. The van der Waals surface area contributed by atoms with Crippen LogP contribution in [0.2, 0.25) is 0 Å². The van der Waals surface area contributed by atoms with Crippen molar-refractivity contribution in [3.05, 3.63) is 20.8 Å². The zero-order valence-corrected chi connectivity index (χ0v) is 13.8. The molecule has 1 aromatic rings. The minimum absolute atomic E-state index is 0.216. The van der Waals surface area contributed by atoms with E-state index in [2.05, 4.69) is 21.2 Å². The molecular weight excluding hydrogens is 330 g/mol. The van der Waals surface area contributed by atoms with Crippen molar-refractivity contribution in [3.63, 3.8) is 0 Å². The van der Waals surface area contributed by atoms with Crippen molar-refractivity contribution in [1.82, 2.24) is 5.32 Å². The number of aliphatic carboxylic acids is 1. The van der Waals surface area contributed by atoms with Crippen molar-refractivity contribution in [2.75, 3.05) is 0 Å². The first kappa shape index (κ1) is 16.2. The Morgan fingerprint density at radius 1 is 1.26 bits per heavy atom. The molecule has 0 unspecified atom stereocenters. The van der Waals surface area contributed by atoms with E-state index < -0.39 is 11.5 Å². The summed E-state index contributed by atoms with van der Waals surface area (Å²) in [4.78, 5) is 23.9. The molecule has 1 amide bonds. The Labute approximate surface area is 125 Å². The van der Waals surface area contributed by atoms with Gasteiger partial charge in [-0.2, -0.15) is 11.3 Å². The molecule has 0 saturated carbocycles. The van der Waals surface area contributed by atoms with Crippen molar-refractivity contribution in [3.8, 4) is 0 Å². The largest absolute Gasteiger partial charge is 0.479 e. The third-order valence-corrected chi connectivity index (χ3v) is 5.06. The number of amides is 1. The van der Waals surface area contributed by atoms with E-state index in [0.29, 0.717) is 10.0 Å². The van der Waals surface area contributed by atoms with Gasteiger partial charge in [0.25, 0.3) is 5.91 Å². The molecule has 2 N–H and O–H groups in total. The molecule has 1 aromatic heterocycles. The van der Waals surface area contributed by atoms with E-state index in [1.807, 2.05) is 0 Å². The van der Waals surface area contributed by atoms with Crippen LogP contribution >= 0.6 is 27.3 Å². The molecule has 0 spiro atoms. The van der Waals surface area contributed by atoms with Crippen LogP contribution in [0.25, 0.3) is 0 Å². The number of thiophene rings is 1. The third-order valence-electron chi connectivity index (χ3n) is 3.35. The van der Waals surface area contributed by atoms with Crippen molar-refractivity contribution < 1.29 is 14.7 Å². The highest BCUT2D eigenvalue weighted by atomic mass is 79.9. The summed E-state index contributed by atoms with van der Waals surface area (Å²) in [7, 11) is 0. The van der Waals surface area contributed by atoms with E-state index in [1.54, 1.807) is 38.5 Å². The summed E-state index contributed by atoms with van der Waals surface area (Å²) in [5, 5.41) is 15.8. The van der Waals surface area contributed by atoms with Crippen LogP contribution in [0.3, 0.4) is 0 Å². The first-order valence-electron chi connectivity index (χ1n) is 6.01. The van der Waals surface area contributed by atoms with Gasteiger partial charge in [0.2, 0.25) is 0 Å². The molecule has 0 aliphatic heterocycles. The number of carbonyl (C=O) groups excluding carboxylic acids is 1. The molecule has 1 rings (SSSR count). The molecular formula is C13H18BrNO3S. The van der Waals surface area contributed by atoms with Gasteiger partial charge in [0.15, 0.2) is 0 Å². The molecule has 0 fully saturated rings. The number of hydrogen-bond donors (Lipinski definition) is 2. The van der Waals surface area contributed by atoms with E-state index in [9.17, 15) is 14.7 Å². The van der Waals surface area contributed by atoms with Crippen LogP contribution in [0.1, 0.15) is 38.1 Å². The minimum Gasteiger partial charge on any atom is -0.479 e. The lowest BCUT2D eigenvalue weighted by Crippen LogP contribution is -2.61. The topological polar surface area (TPSA) is 66.4 Å². The first-order valence-corrected chi connectivity index (χ1v) is 7.74. The molecule has 0 radical (unpaired) electrons. The number of nitrogens with one attached hydrogen (secondary N) is 1. The highest BCUT2D eigenvalue weighted by Gasteiger charge is 2.46. The minimum atomic E-state index is -1.27. The maximum absolute atomic E-state index is 12.3. The van der Waals surface area contributed by atoms with Gasteiger partial charge in [-0.25, -0.2) is 4.79 Å². The lowest BCUT2D eigenvalue weighted by Gasteiger charge is -2.37. The second kappa shape index (κ2) is 6.05. The zero-order chi connectivity index (χ0) is 14.8. The van der Waals surface area contributed by atoms with Gasteiger partial charge >= 0.3 is 5.97 Å². The van der Waals surface area contributed by atoms with Gasteiger partial charge in [-0.1, -0.05) is 27.7 Å². The van der Waals surface area contributed by atoms with Crippen LogP contribution in [0, 0.1) is 11.8 Å². The molecule has 0 saturated heterocycles. The summed E-state index contributed by atoms with van der Waals surface area (Å²) < 4.78 is 0.682. The summed E-state index contributed by atoms with van der Waals surface area (Å²) in [5.41, 5.74) is -0.796. The smallest absolute Gasteiger partial charge is 0.329 e. The summed E-state index contributed by atoms with van der Waals surface area (Å²) in [6.45, 7) is 7.21. The summed E-state index contributed by atoms with van der Waals surface area (Å²) in [6.07, 6.45) is 0.